The molecule has 0 spiro atoms. The first-order chi connectivity index (χ1) is 7.59. The lowest BCUT2D eigenvalue weighted by atomic mass is 10.0. The Morgan fingerprint density at radius 1 is 1.50 bits per heavy atom. The molecular weight excluding hydrogens is 202 g/mol. The first-order valence-electron chi connectivity index (χ1n) is 5.66. The second kappa shape index (κ2) is 4.16. The van der Waals surface area contributed by atoms with E-state index in [0.29, 0.717) is 5.92 Å². The van der Waals surface area contributed by atoms with Crippen LogP contribution in [0.15, 0.2) is 24.3 Å². The Hall–Kier alpha value is -1.51. The summed E-state index contributed by atoms with van der Waals surface area (Å²) < 4.78 is 0. The lowest BCUT2D eigenvalue weighted by molar-refractivity contribution is -0.122. The van der Waals surface area contributed by atoms with Gasteiger partial charge in [-0.25, -0.2) is 0 Å². The van der Waals surface area contributed by atoms with Gasteiger partial charge >= 0.3 is 0 Å². The van der Waals surface area contributed by atoms with Crippen molar-refractivity contribution in [1.82, 2.24) is 0 Å². The zero-order valence-electron chi connectivity index (χ0n) is 9.68. The zero-order chi connectivity index (χ0) is 11.7. The lowest BCUT2D eigenvalue weighted by Gasteiger charge is -2.21. The van der Waals surface area contributed by atoms with Gasteiger partial charge in [0.1, 0.15) is 5.75 Å². The molecule has 0 heterocycles. The molecule has 1 aliphatic carbocycles. The molecule has 16 heavy (non-hydrogen) atoms. The van der Waals surface area contributed by atoms with Crippen LogP contribution in [-0.4, -0.2) is 18.1 Å². The highest BCUT2D eigenvalue weighted by Gasteiger charge is 2.34. The molecule has 3 nitrogen and oxygen atoms in total. The largest absolute Gasteiger partial charge is 0.508 e. The molecule has 1 amide bonds. The van der Waals surface area contributed by atoms with Gasteiger partial charge in [-0.15, -0.1) is 0 Å². The SMILES string of the molecule is CC(C(=O)N(C)c1cccc(O)c1)C1CC1. The number of carbonyl (C=O) groups excluding carboxylic acids is 1. The van der Waals surface area contributed by atoms with Gasteiger partial charge in [-0.1, -0.05) is 13.0 Å². The predicted octanol–water partition coefficient (Wildman–Crippen LogP) is 2.40. The van der Waals surface area contributed by atoms with Gasteiger partial charge in [0.05, 0.1) is 0 Å². The quantitative estimate of drug-likeness (QED) is 0.848. The van der Waals surface area contributed by atoms with Crippen LogP contribution in [0.25, 0.3) is 0 Å². The van der Waals surface area contributed by atoms with E-state index in [0.717, 1.165) is 5.69 Å². The van der Waals surface area contributed by atoms with E-state index in [2.05, 4.69) is 0 Å². The summed E-state index contributed by atoms with van der Waals surface area (Å²) in [4.78, 5) is 13.7. The molecule has 2 rings (SSSR count). The first kappa shape index (κ1) is 11.0. The van der Waals surface area contributed by atoms with Gasteiger partial charge in [0, 0.05) is 24.7 Å². The number of nitrogens with zero attached hydrogens (tertiary/aromatic N) is 1. The molecule has 0 radical (unpaired) electrons. The monoisotopic (exact) mass is 219 g/mol. The summed E-state index contributed by atoms with van der Waals surface area (Å²) in [5.41, 5.74) is 0.748. The lowest BCUT2D eigenvalue weighted by Crippen LogP contribution is -2.32. The highest BCUT2D eigenvalue weighted by atomic mass is 16.3. The Morgan fingerprint density at radius 2 is 2.19 bits per heavy atom. The molecule has 1 unspecified atom stereocenters. The minimum absolute atomic E-state index is 0.0901. The Labute approximate surface area is 95.7 Å². The third kappa shape index (κ3) is 2.18. The molecule has 1 saturated carbocycles. The Kier molecular flexibility index (Phi) is 2.86. The summed E-state index contributed by atoms with van der Waals surface area (Å²) in [6, 6.07) is 6.79. The topological polar surface area (TPSA) is 40.5 Å². The number of phenols is 1. The van der Waals surface area contributed by atoms with E-state index in [9.17, 15) is 9.90 Å². The molecule has 0 bridgehead atoms. The number of anilines is 1. The normalized spacial score (nSPS) is 16.9. The molecule has 1 atom stereocenters. The van der Waals surface area contributed by atoms with E-state index >= 15 is 0 Å². The van der Waals surface area contributed by atoms with E-state index in [4.69, 9.17) is 0 Å². The smallest absolute Gasteiger partial charge is 0.229 e. The molecule has 1 aliphatic rings. The van der Waals surface area contributed by atoms with Gasteiger partial charge in [-0.2, -0.15) is 0 Å². The van der Waals surface area contributed by atoms with E-state index in [1.165, 1.54) is 12.8 Å². The molecule has 86 valence electrons. The Bertz CT molecular complexity index is 399. The van der Waals surface area contributed by atoms with Crippen LogP contribution in [0.2, 0.25) is 0 Å². The van der Waals surface area contributed by atoms with Crippen molar-refractivity contribution in [2.75, 3.05) is 11.9 Å². The van der Waals surface area contributed by atoms with Crippen LogP contribution in [-0.2, 0) is 4.79 Å². The summed E-state index contributed by atoms with van der Waals surface area (Å²) in [5, 5.41) is 9.37. The summed E-state index contributed by atoms with van der Waals surface area (Å²) in [5.74, 6) is 0.976. The number of hydrogen-bond acceptors (Lipinski definition) is 2. The molecule has 3 heteroatoms. The third-order valence-electron chi connectivity index (χ3n) is 3.27. The van der Waals surface area contributed by atoms with Crippen molar-refractivity contribution in [3.05, 3.63) is 24.3 Å². The minimum Gasteiger partial charge on any atom is -0.508 e. The summed E-state index contributed by atoms with van der Waals surface area (Å²) in [6.45, 7) is 1.99. The van der Waals surface area contributed by atoms with Crippen LogP contribution in [0.5, 0.6) is 5.75 Å². The first-order valence-corrected chi connectivity index (χ1v) is 5.66. The standard InChI is InChI=1S/C13H17NO2/c1-9(10-6-7-10)13(16)14(2)11-4-3-5-12(15)8-11/h3-5,8-10,15H,6-7H2,1-2H3. The highest BCUT2D eigenvalue weighted by Crippen LogP contribution is 2.37. The highest BCUT2D eigenvalue weighted by molar-refractivity contribution is 5.94. The zero-order valence-corrected chi connectivity index (χ0v) is 9.68. The third-order valence-corrected chi connectivity index (χ3v) is 3.27. The fourth-order valence-corrected chi connectivity index (χ4v) is 1.93. The molecule has 1 N–H and O–H groups in total. The van der Waals surface area contributed by atoms with Crippen molar-refractivity contribution in [2.45, 2.75) is 19.8 Å². The fourth-order valence-electron chi connectivity index (χ4n) is 1.93. The van der Waals surface area contributed by atoms with Gasteiger partial charge in [0.15, 0.2) is 0 Å². The van der Waals surface area contributed by atoms with Crippen LogP contribution in [0.4, 0.5) is 5.69 Å². The summed E-state index contributed by atoms with van der Waals surface area (Å²) >= 11 is 0. The van der Waals surface area contributed by atoms with Gasteiger partial charge in [0.25, 0.3) is 0 Å². The van der Waals surface area contributed by atoms with E-state index in [1.807, 2.05) is 13.0 Å². The Morgan fingerprint density at radius 3 is 2.75 bits per heavy atom. The van der Waals surface area contributed by atoms with Crippen molar-refractivity contribution in [1.29, 1.82) is 0 Å². The molecule has 0 saturated heterocycles. The maximum Gasteiger partial charge on any atom is 0.229 e. The van der Waals surface area contributed by atoms with E-state index < -0.39 is 0 Å². The van der Waals surface area contributed by atoms with Crippen LogP contribution in [0, 0.1) is 11.8 Å². The molecule has 0 aliphatic heterocycles. The number of amides is 1. The number of phenolic OH excluding ortho intramolecular Hbond substituents is 1. The molecule has 1 fully saturated rings. The number of carbonyl (C=O) groups is 1. The summed E-state index contributed by atoms with van der Waals surface area (Å²) in [6.07, 6.45) is 2.33. The molecule has 1 aromatic rings. The van der Waals surface area contributed by atoms with Crippen LogP contribution in [0.1, 0.15) is 19.8 Å². The fraction of sp³-hybridized carbons (Fsp3) is 0.462. The van der Waals surface area contributed by atoms with Crippen LogP contribution >= 0.6 is 0 Å². The number of hydrogen-bond donors (Lipinski definition) is 1. The minimum atomic E-state index is 0.0901. The van der Waals surface area contributed by atoms with Crippen LogP contribution < -0.4 is 4.90 Å². The van der Waals surface area contributed by atoms with Crippen LogP contribution in [0.3, 0.4) is 0 Å². The van der Waals surface area contributed by atoms with Crippen molar-refractivity contribution in [3.63, 3.8) is 0 Å². The average Bonchev–Trinajstić information content (AvgIpc) is 3.10. The maximum atomic E-state index is 12.1. The van der Waals surface area contributed by atoms with Gasteiger partial charge in [-0.05, 0) is 30.9 Å². The van der Waals surface area contributed by atoms with Gasteiger partial charge in [-0.3, -0.25) is 4.79 Å². The second-order valence-corrected chi connectivity index (χ2v) is 4.54. The van der Waals surface area contributed by atoms with Crippen molar-refractivity contribution in [3.8, 4) is 5.75 Å². The molecular formula is C13H17NO2. The second-order valence-electron chi connectivity index (χ2n) is 4.54. The summed E-state index contributed by atoms with van der Waals surface area (Å²) in [7, 11) is 1.76. The maximum absolute atomic E-state index is 12.1. The Balaban J connectivity index is 2.11. The molecule has 1 aromatic carbocycles. The number of aromatic hydroxyl groups is 1. The van der Waals surface area contributed by atoms with Crippen molar-refractivity contribution >= 4 is 11.6 Å². The van der Waals surface area contributed by atoms with Gasteiger partial charge in [0.2, 0.25) is 5.91 Å². The number of benzene rings is 1. The molecule has 0 aromatic heterocycles. The van der Waals surface area contributed by atoms with E-state index in [-0.39, 0.29) is 17.6 Å². The average molecular weight is 219 g/mol. The van der Waals surface area contributed by atoms with Crippen molar-refractivity contribution in [2.24, 2.45) is 11.8 Å². The van der Waals surface area contributed by atoms with Crippen molar-refractivity contribution < 1.29 is 9.90 Å². The predicted molar refractivity (Wildman–Crippen MR) is 63.4 cm³/mol. The number of rotatable bonds is 3. The van der Waals surface area contributed by atoms with Gasteiger partial charge < -0.3 is 10.0 Å². The van der Waals surface area contributed by atoms with E-state index in [1.54, 1.807) is 30.1 Å².